The second-order valence-corrected chi connectivity index (χ2v) is 6.98. The third kappa shape index (κ3) is 2.33. The van der Waals surface area contributed by atoms with Gasteiger partial charge in [-0.1, -0.05) is 0 Å². The van der Waals surface area contributed by atoms with E-state index >= 15 is 0 Å². The molecule has 1 saturated heterocycles. The fourth-order valence-electron chi connectivity index (χ4n) is 2.32. The first-order chi connectivity index (χ1) is 9.09. The summed E-state index contributed by atoms with van der Waals surface area (Å²) in [5.41, 5.74) is 3.21. The van der Waals surface area contributed by atoms with Gasteiger partial charge in [-0.2, -0.15) is 26.8 Å². The van der Waals surface area contributed by atoms with Gasteiger partial charge in [0.15, 0.2) is 5.65 Å². The SMILES string of the molecule is CC1(C)CN(c2nc(NN)nc3[nH]ncc23)CCS1. The maximum absolute atomic E-state index is 5.43. The Balaban J connectivity index is 2.05. The van der Waals surface area contributed by atoms with Crippen molar-refractivity contribution in [1.82, 2.24) is 20.2 Å². The van der Waals surface area contributed by atoms with Crippen LogP contribution in [0.25, 0.3) is 11.0 Å². The zero-order chi connectivity index (χ0) is 13.5. The van der Waals surface area contributed by atoms with Gasteiger partial charge in [0.25, 0.3) is 0 Å². The van der Waals surface area contributed by atoms with Crippen molar-refractivity contribution in [2.75, 3.05) is 29.2 Å². The highest BCUT2D eigenvalue weighted by atomic mass is 32.2. The molecule has 0 spiro atoms. The van der Waals surface area contributed by atoms with Gasteiger partial charge in [0.2, 0.25) is 5.95 Å². The summed E-state index contributed by atoms with van der Waals surface area (Å²) in [6.45, 7) is 6.41. The number of nitrogen functional groups attached to an aromatic ring is 1. The molecule has 0 bridgehead atoms. The average Bonchev–Trinajstić information content (AvgIpc) is 2.84. The predicted octanol–water partition coefficient (Wildman–Crippen LogP) is 0.970. The van der Waals surface area contributed by atoms with E-state index in [9.17, 15) is 0 Å². The largest absolute Gasteiger partial charge is 0.354 e. The number of rotatable bonds is 2. The molecule has 0 atom stereocenters. The highest BCUT2D eigenvalue weighted by molar-refractivity contribution is 8.00. The normalized spacial score (nSPS) is 18.8. The first-order valence-electron chi connectivity index (χ1n) is 6.16. The second-order valence-electron chi connectivity index (χ2n) is 5.18. The van der Waals surface area contributed by atoms with Crippen molar-refractivity contribution in [2.45, 2.75) is 18.6 Å². The Kier molecular flexibility index (Phi) is 2.98. The summed E-state index contributed by atoms with van der Waals surface area (Å²) in [7, 11) is 0. The zero-order valence-corrected chi connectivity index (χ0v) is 11.8. The molecule has 7 nitrogen and oxygen atoms in total. The van der Waals surface area contributed by atoms with E-state index in [1.165, 1.54) is 0 Å². The number of anilines is 2. The standard InChI is InChI=1S/C11H17N7S/c1-11(2)6-18(3-4-19-11)9-7-5-13-17-8(7)14-10(15-9)16-12/h5H,3-4,6,12H2,1-2H3,(H2,13,14,15,16,17). The lowest BCUT2D eigenvalue weighted by Gasteiger charge is -2.38. The van der Waals surface area contributed by atoms with Crippen molar-refractivity contribution in [3.8, 4) is 0 Å². The Labute approximate surface area is 115 Å². The number of thioether (sulfide) groups is 1. The molecule has 0 amide bonds. The summed E-state index contributed by atoms with van der Waals surface area (Å²) in [5.74, 6) is 7.81. The highest BCUT2D eigenvalue weighted by Crippen LogP contribution is 2.33. The van der Waals surface area contributed by atoms with Gasteiger partial charge in [0.05, 0.1) is 11.6 Å². The molecule has 8 heteroatoms. The quantitative estimate of drug-likeness (QED) is 0.557. The molecule has 1 aliphatic rings. The Morgan fingerprint density at radius 1 is 1.47 bits per heavy atom. The molecule has 2 aromatic heterocycles. The summed E-state index contributed by atoms with van der Waals surface area (Å²) in [5, 5.41) is 7.84. The van der Waals surface area contributed by atoms with Crippen LogP contribution in [0, 0.1) is 0 Å². The molecule has 1 fully saturated rings. The van der Waals surface area contributed by atoms with E-state index in [-0.39, 0.29) is 4.75 Å². The third-order valence-electron chi connectivity index (χ3n) is 3.14. The molecule has 2 aromatic rings. The van der Waals surface area contributed by atoms with E-state index in [0.717, 1.165) is 30.0 Å². The number of aromatic nitrogens is 4. The number of nitrogens with two attached hydrogens (primary N) is 1. The van der Waals surface area contributed by atoms with E-state index < -0.39 is 0 Å². The maximum Gasteiger partial charge on any atom is 0.241 e. The lowest BCUT2D eigenvalue weighted by atomic mass is 10.2. The molecule has 3 rings (SSSR count). The first kappa shape index (κ1) is 12.5. The summed E-state index contributed by atoms with van der Waals surface area (Å²) in [6.07, 6.45) is 1.76. The van der Waals surface area contributed by atoms with Gasteiger partial charge in [-0.05, 0) is 13.8 Å². The average molecular weight is 279 g/mol. The van der Waals surface area contributed by atoms with Gasteiger partial charge in [0, 0.05) is 23.6 Å². The molecule has 0 aliphatic carbocycles. The molecule has 0 unspecified atom stereocenters. The number of nitrogens with one attached hydrogen (secondary N) is 2. The van der Waals surface area contributed by atoms with Gasteiger partial charge in [-0.25, -0.2) is 5.84 Å². The van der Waals surface area contributed by atoms with Gasteiger partial charge in [-0.3, -0.25) is 10.5 Å². The zero-order valence-electron chi connectivity index (χ0n) is 11.0. The fourth-order valence-corrected chi connectivity index (χ4v) is 3.43. The third-order valence-corrected chi connectivity index (χ3v) is 4.44. The van der Waals surface area contributed by atoms with Gasteiger partial charge in [-0.15, -0.1) is 0 Å². The second kappa shape index (κ2) is 4.53. The molecule has 1 aliphatic heterocycles. The van der Waals surface area contributed by atoms with Crippen LogP contribution in [0.1, 0.15) is 13.8 Å². The summed E-state index contributed by atoms with van der Waals surface area (Å²) in [6, 6.07) is 0. The summed E-state index contributed by atoms with van der Waals surface area (Å²) < 4.78 is 0.218. The van der Waals surface area contributed by atoms with Crippen molar-refractivity contribution >= 4 is 34.6 Å². The number of hydrogen-bond donors (Lipinski definition) is 3. The first-order valence-corrected chi connectivity index (χ1v) is 7.14. The Morgan fingerprint density at radius 3 is 3.05 bits per heavy atom. The summed E-state index contributed by atoms with van der Waals surface area (Å²) >= 11 is 1.99. The number of hydrazine groups is 1. The molecule has 0 aromatic carbocycles. The van der Waals surface area contributed by atoms with Crippen LogP contribution >= 0.6 is 11.8 Å². The van der Waals surface area contributed by atoms with E-state index in [4.69, 9.17) is 5.84 Å². The Morgan fingerprint density at radius 2 is 2.32 bits per heavy atom. The molecule has 0 radical (unpaired) electrons. The van der Waals surface area contributed by atoms with Crippen molar-refractivity contribution in [2.24, 2.45) is 5.84 Å². The smallest absolute Gasteiger partial charge is 0.241 e. The fraction of sp³-hybridized carbons (Fsp3) is 0.545. The number of nitrogens with zero attached hydrogens (tertiary/aromatic N) is 4. The van der Waals surface area contributed by atoms with Crippen molar-refractivity contribution in [1.29, 1.82) is 0 Å². The topological polar surface area (TPSA) is 95.8 Å². The van der Waals surface area contributed by atoms with Crippen LogP contribution in [0.3, 0.4) is 0 Å². The maximum atomic E-state index is 5.43. The van der Waals surface area contributed by atoms with Gasteiger partial charge >= 0.3 is 0 Å². The predicted molar refractivity (Wildman–Crippen MR) is 78.2 cm³/mol. The number of aromatic amines is 1. The Hall–Kier alpha value is -1.54. The summed E-state index contributed by atoms with van der Waals surface area (Å²) in [4.78, 5) is 11.0. The van der Waals surface area contributed by atoms with Gasteiger partial charge < -0.3 is 4.90 Å². The van der Waals surface area contributed by atoms with Crippen LogP contribution in [-0.2, 0) is 0 Å². The molecule has 19 heavy (non-hydrogen) atoms. The number of hydrogen-bond acceptors (Lipinski definition) is 7. The van der Waals surface area contributed by atoms with Crippen LogP contribution in [0.4, 0.5) is 11.8 Å². The lowest BCUT2D eigenvalue weighted by molar-refractivity contribution is 0.644. The van der Waals surface area contributed by atoms with Crippen LogP contribution in [0.15, 0.2) is 6.20 Å². The monoisotopic (exact) mass is 279 g/mol. The van der Waals surface area contributed by atoms with E-state index in [0.29, 0.717) is 11.6 Å². The van der Waals surface area contributed by atoms with Gasteiger partial charge in [0.1, 0.15) is 5.82 Å². The van der Waals surface area contributed by atoms with Crippen LogP contribution < -0.4 is 16.2 Å². The van der Waals surface area contributed by atoms with Crippen molar-refractivity contribution in [3.05, 3.63) is 6.20 Å². The molecule has 3 heterocycles. The van der Waals surface area contributed by atoms with Crippen LogP contribution in [0.2, 0.25) is 0 Å². The highest BCUT2D eigenvalue weighted by Gasteiger charge is 2.29. The van der Waals surface area contributed by atoms with E-state index in [1.807, 2.05) is 11.8 Å². The van der Waals surface area contributed by atoms with E-state index in [2.05, 4.69) is 44.3 Å². The molecule has 4 N–H and O–H groups in total. The number of fused-ring (bicyclic) bond motifs is 1. The number of H-pyrrole nitrogens is 1. The van der Waals surface area contributed by atoms with Crippen molar-refractivity contribution < 1.29 is 0 Å². The molecular weight excluding hydrogens is 262 g/mol. The van der Waals surface area contributed by atoms with Crippen LogP contribution in [0.5, 0.6) is 0 Å². The Bertz CT molecular complexity index is 594. The minimum Gasteiger partial charge on any atom is -0.354 e. The molecule has 0 saturated carbocycles. The molecule has 102 valence electrons. The minimum absolute atomic E-state index is 0.218. The van der Waals surface area contributed by atoms with Crippen LogP contribution in [-0.4, -0.2) is 43.8 Å². The van der Waals surface area contributed by atoms with Crippen molar-refractivity contribution in [3.63, 3.8) is 0 Å². The lowest BCUT2D eigenvalue weighted by Crippen LogP contribution is -2.43. The molecular formula is C11H17N7S. The van der Waals surface area contributed by atoms with E-state index in [1.54, 1.807) is 6.20 Å². The minimum atomic E-state index is 0.218.